The molecule has 140 valence electrons. The molecule has 0 bridgehead atoms. The van der Waals surface area contributed by atoms with Crippen LogP contribution >= 0.6 is 11.6 Å². The van der Waals surface area contributed by atoms with Crippen LogP contribution in [0.2, 0.25) is 5.02 Å². The van der Waals surface area contributed by atoms with Crippen molar-refractivity contribution in [2.75, 3.05) is 13.2 Å². The Morgan fingerprint density at radius 1 is 1.04 bits per heavy atom. The van der Waals surface area contributed by atoms with Gasteiger partial charge in [-0.1, -0.05) is 23.7 Å². The SMILES string of the molecule is O=C(COC(=O)c1ccc(Cl)cc1)NNC(=O)[C@H]1COc2ccccc2O1. The zero-order valence-corrected chi connectivity index (χ0v) is 14.7. The van der Waals surface area contributed by atoms with Crippen LogP contribution in [-0.4, -0.2) is 37.1 Å². The maximum atomic E-state index is 12.1. The molecule has 0 aromatic heterocycles. The largest absolute Gasteiger partial charge is 0.485 e. The Bertz CT molecular complexity index is 855. The number of esters is 1. The molecule has 2 aromatic rings. The fraction of sp³-hybridized carbons (Fsp3) is 0.167. The first kappa shape index (κ1) is 18.5. The van der Waals surface area contributed by atoms with Gasteiger partial charge in [0, 0.05) is 5.02 Å². The van der Waals surface area contributed by atoms with Gasteiger partial charge < -0.3 is 14.2 Å². The van der Waals surface area contributed by atoms with Crippen molar-refractivity contribution in [3.63, 3.8) is 0 Å². The van der Waals surface area contributed by atoms with Gasteiger partial charge in [0.2, 0.25) is 6.10 Å². The lowest BCUT2D eigenvalue weighted by atomic mass is 10.2. The molecule has 1 aliphatic rings. The summed E-state index contributed by atoms with van der Waals surface area (Å²) >= 11 is 5.73. The zero-order valence-electron chi connectivity index (χ0n) is 13.9. The molecule has 9 heteroatoms. The second-order valence-corrected chi connectivity index (χ2v) is 5.92. The summed E-state index contributed by atoms with van der Waals surface area (Å²) in [6, 6.07) is 12.9. The number of para-hydroxylation sites is 2. The van der Waals surface area contributed by atoms with Crippen LogP contribution in [0.25, 0.3) is 0 Å². The van der Waals surface area contributed by atoms with Crippen LogP contribution in [-0.2, 0) is 14.3 Å². The minimum atomic E-state index is -0.920. The fourth-order valence-electron chi connectivity index (χ4n) is 2.20. The van der Waals surface area contributed by atoms with E-state index in [-0.39, 0.29) is 12.2 Å². The van der Waals surface area contributed by atoms with Crippen molar-refractivity contribution in [2.45, 2.75) is 6.10 Å². The number of nitrogens with one attached hydrogen (secondary N) is 2. The maximum absolute atomic E-state index is 12.1. The number of ether oxygens (including phenoxy) is 3. The van der Waals surface area contributed by atoms with Crippen LogP contribution in [0.3, 0.4) is 0 Å². The molecule has 0 unspecified atom stereocenters. The third kappa shape index (κ3) is 4.89. The smallest absolute Gasteiger partial charge is 0.338 e. The first-order chi connectivity index (χ1) is 13.0. The molecule has 1 atom stereocenters. The molecule has 2 N–H and O–H groups in total. The second-order valence-electron chi connectivity index (χ2n) is 5.48. The number of hydrogen-bond donors (Lipinski definition) is 2. The van der Waals surface area contributed by atoms with E-state index in [9.17, 15) is 14.4 Å². The molecule has 2 amide bonds. The van der Waals surface area contributed by atoms with Crippen LogP contribution in [0.4, 0.5) is 0 Å². The maximum Gasteiger partial charge on any atom is 0.338 e. The van der Waals surface area contributed by atoms with E-state index in [0.29, 0.717) is 16.5 Å². The molecule has 27 heavy (non-hydrogen) atoms. The van der Waals surface area contributed by atoms with Crippen LogP contribution < -0.4 is 20.3 Å². The highest BCUT2D eigenvalue weighted by molar-refractivity contribution is 6.30. The third-order valence-electron chi connectivity index (χ3n) is 3.54. The van der Waals surface area contributed by atoms with Crippen LogP contribution in [0.15, 0.2) is 48.5 Å². The molecular weight excluding hydrogens is 376 g/mol. The number of rotatable bonds is 4. The van der Waals surface area contributed by atoms with Gasteiger partial charge in [-0.3, -0.25) is 20.4 Å². The van der Waals surface area contributed by atoms with Gasteiger partial charge in [0.25, 0.3) is 11.8 Å². The van der Waals surface area contributed by atoms with Crippen molar-refractivity contribution >= 4 is 29.4 Å². The summed E-state index contributed by atoms with van der Waals surface area (Å²) in [4.78, 5) is 35.6. The second kappa shape index (κ2) is 8.41. The Kier molecular flexibility index (Phi) is 5.77. The quantitative estimate of drug-likeness (QED) is 0.605. The van der Waals surface area contributed by atoms with Gasteiger partial charge in [0.05, 0.1) is 5.56 Å². The Morgan fingerprint density at radius 2 is 1.74 bits per heavy atom. The molecule has 2 aromatic carbocycles. The molecule has 0 saturated carbocycles. The minimum absolute atomic E-state index is 0.00424. The normalized spacial score (nSPS) is 14.8. The number of carbonyl (C=O) groups is 3. The van der Waals surface area contributed by atoms with Crippen molar-refractivity contribution in [2.24, 2.45) is 0 Å². The van der Waals surface area contributed by atoms with Crippen molar-refractivity contribution in [3.05, 3.63) is 59.1 Å². The lowest BCUT2D eigenvalue weighted by Crippen LogP contribution is -2.51. The number of benzene rings is 2. The van der Waals surface area contributed by atoms with Crippen molar-refractivity contribution in [1.29, 1.82) is 0 Å². The molecule has 1 aliphatic heterocycles. The Labute approximate surface area is 159 Å². The molecule has 3 rings (SSSR count). The first-order valence-corrected chi connectivity index (χ1v) is 8.30. The summed E-state index contributed by atoms with van der Waals surface area (Å²) in [5, 5.41) is 0.476. The summed E-state index contributed by atoms with van der Waals surface area (Å²) in [5.41, 5.74) is 4.60. The predicted molar refractivity (Wildman–Crippen MR) is 94.4 cm³/mol. The van der Waals surface area contributed by atoms with E-state index in [1.165, 1.54) is 24.3 Å². The van der Waals surface area contributed by atoms with E-state index in [1.54, 1.807) is 24.3 Å². The van der Waals surface area contributed by atoms with Gasteiger partial charge in [-0.15, -0.1) is 0 Å². The summed E-state index contributed by atoms with van der Waals surface area (Å²) in [7, 11) is 0. The molecule has 0 radical (unpaired) electrons. The van der Waals surface area contributed by atoms with Gasteiger partial charge in [-0.2, -0.15) is 0 Å². The monoisotopic (exact) mass is 390 g/mol. The zero-order chi connectivity index (χ0) is 19.2. The highest BCUT2D eigenvalue weighted by atomic mass is 35.5. The molecule has 0 saturated heterocycles. The Balaban J connectivity index is 1.42. The molecular formula is C18H15ClN2O6. The summed E-state index contributed by atoms with van der Waals surface area (Å²) in [5.74, 6) is -1.01. The van der Waals surface area contributed by atoms with Gasteiger partial charge >= 0.3 is 5.97 Å². The van der Waals surface area contributed by atoms with Crippen LogP contribution in [0.1, 0.15) is 10.4 Å². The highest BCUT2D eigenvalue weighted by Crippen LogP contribution is 2.30. The molecule has 0 aliphatic carbocycles. The lowest BCUT2D eigenvalue weighted by Gasteiger charge is -2.25. The highest BCUT2D eigenvalue weighted by Gasteiger charge is 2.27. The lowest BCUT2D eigenvalue weighted by molar-refractivity contribution is -0.135. The van der Waals surface area contributed by atoms with E-state index in [1.807, 2.05) is 0 Å². The summed E-state index contributed by atoms with van der Waals surface area (Å²) in [6.45, 7) is -0.559. The van der Waals surface area contributed by atoms with E-state index in [0.717, 1.165) is 0 Å². The van der Waals surface area contributed by atoms with Crippen LogP contribution in [0, 0.1) is 0 Å². The number of halogens is 1. The standard InChI is InChI=1S/C18H15ClN2O6/c19-12-7-5-11(6-8-12)18(24)26-10-16(22)20-21-17(23)15-9-25-13-3-1-2-4-14(13)27-15/h1-8,15H,9-10H2,(H,20,22)(H,21,23)/t15-/m1/s1. The van der Waals surface area contributed by atoms with Crippen molar-refractivity contribution in [1.82, 2.24) is 10.9 Å². The predicted octanol–water partition coefficient (Wildman–Crippen LogP) is 1.48. The number of hydrogen-bond acceptors (Lipinski definition) is 6. The Hall–Kier alpha value is -3.26. The molecule has 1 heterocycles. The van der Waals surface area contributed by atoms with E-state index >= 15 is 0 Å². The van der Waals surface area contributed by atoms with Crippen LogP contribution in [0.5, 0.6) is 11.5 Å². The average molecular weight is 391 g/mol. The topological polar surface area (TPSA) is 103 Å². The van der Waals surface area contributed by atoms with Gasteiger partial charge in [0.1, 0.15) is 6.61 Å². The van der Waals surface area contributed by atoms with Crippen molar-refractivity contribution in [3.8, 4) is 11.5 Å². The van der Waals surface area contributed by atoms with Gasteiger partial charge in [0.15, 0.2) is 18.1 Å². The molecule has 8 nitrogen and oxygen atoms in total. The minimum Gasteiger partial charge on any atom is -0.485 e. The van der Waals surface area contributed by atoms with E-state index in [2.05, 4.69) is 10.9 Å². The number of hydrazine groups is 1. The number of carbonyl (C=O) groups excluding carboxylic acids is 3. The van der Waals surface area contributed by atoms with Gasteiger partial charge in [-0.05, 0) is 36.4 Å². The fourth-order valence-corrected chi connectivity index (χ4v) is 2.32. The molecule has 0 fully saturated rings. The average Bonchev–Trinajstić information content (AvgIpc) is 2.70. The number of fused-ring (bicyclic) bond motifs is 1. The number of amides is 2. The summed E-state index contributed by atoms with van der Waals surface area (Å²) in [6.07, 6.45) is -0.920. The van der Waals surface area contributed by atoms with Gasteiger partial charge in [-0.25, -0.2) is 4.79 Å². The summed E-state index contributed by atoms with van der Waals surface area (Å²) < 4.78 is 15.8. The van der Waals surface area contributed by atoms with E-state index < -0.39 is 30.5 Å². The molecule has 0 spiro atoms. The third-order valence-corrected chi connectivity index (χ3v) is 3.79. The first-order valence-electron chi connectivity index (χ1n) is 7.93. The van der Waals surface area contributed by atoms with E-state index in [4.69, 9.17) is 25.8 Å². The Morgan fingerprint density at radius 3 is 2.48 bits per heavy atom. The van der Waals surface area contributed by atoms with Crippen molar-refractivity contribution < 1.29 is 28.6 Å².